The molecule has 0 bridgehead atoms. The van der Waals surface area contributed by atoms with Crippen LogP contribution >= 0.6 is 34.2 Å². The first kappa shape index (κ1) is 12.3. The first-order valence-corrected chi connectivity index (χ1v) is 5.37. The molecule has 0 saturated heterocycles. The summed E-state index contributed by atoms with van der Waals surface area (Å²) in [6.07, 6.45) is 0. The predicted octanol–water partition coefficient (Wildman–Crippen LogP) is 2.60. The van der Waals surface area contributed by atoms with E-state index in [4.69, 9.17) is 16.7 Å². The van der Waals surface area contributed by atoms with E-state index in [-0.39, 0.29) is 17.2 Å². The van der Waals surface area contributed by atoms with Crippen LogP contribution in [-0.2, 0) is 4.79 Å². The van der Waals surface area contributed by atoms with E-state index in [0.717, 1.165) is 0 Å². The van der Waals surface area contributed by atoms with Gasteiger partial charge in [0.2, 0.25) is 5.91 Å². The van der Waals surface area contributed by atoms with Crippen molar-refractivity contribution in [2.24, 2.45) is 0 Å². The van der Waals surface area contributed by atoms with Crippen molar-refractivity contribution in [1.29, 1.82) is 0 Å². The number of amides is 1. The number of benzene rings is 1. The third-order valence-corrected chi connectivity index (χ3v) is 2.66. The van der Waals surface area contributed by atoms with Crippen LogP contribution in [-0.4, -0.2) is 17.0 Å². The van der Waals surface area contributed by atoms with E-state index in [2.05, 4.69) is 5.32 Å². The van der Waals surface area contributed by atoms with Crippen molar-refractivity contribution >= 4 is 51.8 Å². The number of rotatable bonds is 2. The summed E-state index contributed by atoms with van der Waals surface area (Å²) in [4.78, 5) is 21.8. The van der Waals surface area contributed by atoms with Crippen LogP contribution < -0.4 is 5.32 Å². The number of hydrogen-bond acceptors (Lipinski definition) is 2. The molecule has 0 spiro atoms. The number of carbonyl (C=O) groups is 2. The molecule has 15 heavy (non-hydrogen) atoms. The monoisotopic (exact) mass is 339 g/mol. The highest BCUT2D eigenvalue weighted by atomic mass is 127. The fraction of sp³-hybridized carbons (Fsp3) is 0.111. The molecule has 0 saturated carbocycles. The topological polar surface area (TPSA) is 66.4 Å². The molecule has 1 aromatic carbocycles. The maximum atomic E-state index is 10.9. The summed E-state index contributed by atoms with van der Waals surface area (Å²) in [6.45, 7) is 1.32. The standard InChI is InChI=1S/C9H7ClINO3/c1-4(13)12-8-6(9(14)15)2-5(10)3-7(8)11/h2-3H,1H3,(H,12,13)(H,14,15). The van der Waals surface area contributed by atoms with E-state index >= 15 is 0 Å². The lowest BCUT2D eigenvalue weighted by Gasteiger charge is -2.09. The molecule has 6 heteroatoms. The molecule has 80 valence electrons. The Labute approximate surface area is 105 Å². The first-order valence-electron chi connectivity index (χ1n) is 3.91. The van der Waals surface area contributed by atoms with Crippen molar-refractivity contribution in [3.63, 3.8) is 0 Å². The zero-order valence-corrected chi connectivity index (χ0v) is 10.6. The third kappa shape index (κ3) is 3.07. The zero-order chi connectivity index (χ0) is 11.6. The van der Waals surface area contributed by atoms with Gasteiger partial charge in [0.1, 0.15) is 0 Å². The highest BCUT2D eigenvalue weighted by Gasteiger charge is 2.15. The second-order valence-corrected chi connectivity index (χ2v) is 4.40. The molecule has 1 rings (SSSR count). The van der Waals surface area contributed by atoms with Crippen molar-refractivity contribution in [3.8, 4) is 0 Å². The van der Waals surface area contributed by atoms with E-state index in [9.17, 15) is 9.59 Å². The smallest absolute Gasteiger partial charge is 0.337 e. The first-order chi connectivity index (χ1) is 6.91. The number of halogens is 2. The van der Waals surface area contributed by atoms with Gasteiger partial charge in [-0.25, -0.2) is 4.79 Å². The molecule has 0 aromatic heterocycles. The van der Waals surface area contributed by atoms with Crippen LogP contribution in [0.25, 0.3) is 0 Å². The SMILES string of the molecule is CC(=O)Nc1c(I)cc(Cl)cc1C(=O)O. The van der Waals surface area contributed by atoms with Crippen molar-refractivity contribution in [1.82, 2.24) is 0 Å². The fourth-order valence-corrected chi connectivity index (χ4v) is 2.21. The quantitative estimate of drug-likeness (QED) is 0.814. The molecule has 0 fully saturated rings. The summed E-state index contributed by atoms with van der Waals surface area (Å²) in [5.41, 5.74) is 0.266. The Bertz CT molecular complexity index is 434. The average Bonchev–Trinajstić information content (AvgIpc) is 2.08. The van der Waals surface area contributed by atoms with Gasteiger partial charge < -0.3 is 10.4 Å². The molecule has 2 N–H and O–H groups in total. The molecular formula is C9H7ClINO3. The summed E-state index contributed by atoms with van der Waals surface area (Å²) < 4.78 is 0.590. The summed E-state index contributed by atoms with van der Waals surface area (Å²) in [7, 11) is 0. The number of nitrogens with one attached hydrogen (secondary N) is 1. The largest absolute Gasteiger partial charge is 0.478 e. The second-order valence-electron chi connectivity index (χ2n) is 2.80. The van der Waals surface area contributed by atoms with Crippen molar-refractivity contribution in [2.45, 2.75) is 6.92 Å². The van der Waals surface area contributed by atoms with Crippen molar-refractivity contribution < 1.29 is 14.7 Å². The number of anilines is 1. The second kappa shape index (κ2) is 4.80. The van der Waals surface area contributed by atoms with Gasteiger partial charge in [0, 0.05) is 15.5 Å². The highest BCUT2D eigenvalue weighted by Crippen LogP contribution is 2.27. The number of hydrogen-bond donors (Lipinski definition) is 2. The van der Waals surface area contributed by atoms with E-state index in [0.29, 0.717) is 8.59 Å². The Hall–Kier alpha value is -0.820. The lowest BCUT2D eigenvalue weighted by molar-refractivity contribution is -0.114. The van der Waals surface area contributed by atoms with Gasteiger partial charge in [0.05, 0.1) is 11.3 Å². The fourth-order valence-electron chi connectivity index (χ4n) is 1.05. The van der Waals surface area contributed by atoms with Crippen LogP contribution in [0.3, 0.4) is 0 Å². The normalized spacial score (nSPS) is 9.80. The van der Waals surface area contributed by atoms with Crippen LogP contribution in [0.15, 0.2) is 12.1 Å². The summed E-state index contributed by atoms with van der Waals surface area (Å²) >= 11 is 7.64. The lowest BCUT2D eigenvalue weighted by Crippen LogP contribution is -2.12. The minimum absolute atomic E-state index is 0.0119. The molecule has 0 heterocycles. The molecule has 0 radical (unpaired) electrons. The minimum atomic E-state index is -1.13. The van der Waals surface area contributed by atoms with E-state index < -0.39 is 5.97 Å². The Morgan fingerprint density at radius 3 is 2.53 bits per heavy atom. The number of carboxylic acid groups (broad SMARTS) is 1. The van der Waals surface area contributed by atoms with Gasteiger partial charge in [-0.1, -0.05) is 11.6 Å². The zero-order valence-electron chi connectivity index (χ0n) is 7.67. The Morgan fingerprint density at radius 1 is 1.47 bits per heavy atom. The molecular weight excluding hydrogens is 332 g/mol. The number of aromatic carboxylic acids is 1. The average molecular weight is 340 g/mol. The van der Waals surface area contributed by atoms with Gasteiger partial charge >= 0.3 is 5.97 Å². The van der Waals surface area contributed by atoms with Gasteiger partial charge in [-0.15, -0.1) is 0 Å². The van der Waals surface area contributed by atoms with E-state index in [1.54, 1.807) is 6.07 Å². The molecule has 4 nitrogen and oxygen atoms in total. The summed E-state index contributed by atoms with van der Waals surface area (Å²) in [6, 6.07) is 2.89. The molecule has 0 atom stereocenters. The van der Waals surface area contributed by atoms with E-state index in [1.807, 2.05) is 22.6 Å². The molecule has 1 aromatic rings. The molecule has 1 amide bonds. The van der Waals surface area contributed by atoms with Crippen molar-refractivity contribution in [2.75, 3.05) is 5.32 Å². The minimum Gasteiger partial charge on any atom is -0.478 e. The van der Waals surface area contributed by atoms with Gasteiger partial charge in [0.15, 0.2) is 0 Å². The highest BCUT2D eigenvalue weighted by molar-refractivity contribution is 14.1. The van der Waals surface area contributed by atoms with Crippen LogP contribution in [0.1, 0.15) is 17.3 Å². The molecule has 0 aliphatic carbocycles. The van der Waals surface area contributed by atoms with Crippen LogP contribution in [0.4, 0.5) is 5.69 Å². The third-order valence-electron chi connectivity index (χ3n) is 1.59. The van der Waals surface area contributed by atoms with E-state index in [1.165, 1.54) is 13.0 Å². The Morgan fingerprint density at radius 2 is 2.07 bits per heavy atom. The van der Waals surface area contributed by atoms with Gasteiger partial charge in [-0.3, -0.25) is 4.79 Å². The number of carboxylic acids is 1. The van der Waals surface area contributed by atoms with Crippen LogP contribution in [0.2, 0.25) is 5.02 Å². The Kier molecular flexibility index (Phi) is 3.92. The molecule has 0 aliphatic heterocycles. The molecule has 0 unspecified atom stereocenters. The summed E-state index contributed by atoms with van der Waals surface area (Å²) in [5.74, 6) is -1.45. The van der Waals surface area contributed by atoms with Gasteiger partial charge in [-0.2, -0.15) is 0 Å². The summed E-state index contributed by atoms with van der Waals surface area (Å²) in [5, 5.41) is 11.7. The van der Waals surface area contributed by atoms with Crippen LogP contribution in [0, 0.1) is 3.57 Å². The molecule has 0 aliphatic rings. The number of carbonyl (C=O) groups excluding carboxylic acids is 1. The lowest BCUT2D eigenvalue weighted by atomic mass is 10.2. The maximum absolute atomic E-state index is 10.9. The Balaban J connectivity index is 3.33. The van der Waals surface area contributed by atoms with Crippen LogP contribution in [0.5, 0.6) is 0 Å². The van der Waals surface area contributed by atoms with Gasteiger partial charge in [0.25, 0.3) is 0 Å². The van der Waals surface area contributed by atoms with Crippen molar-refractivity contribution in [3.05, 3.63) is 26.3 Å². The predicted molar refractivity (Wildman–Crippen MR) is 65.4 cm³/mol. The maximum Gasteiger partial charge on any atom is 0.337 e. The van der Waals surface area contributed by atoms with Gasteiger partial charge in [-0.05, 0) is 34.7 Å².